The molecule has 21 heavy (non-hydrogen) atoms. The zero-order chi connectivity index (χ0) is 14.7. The molecule has 3 rings (SSSR count). The molecule has 1 aliphatic rings. The van der Waals surface area contributed by atoms with Crippen molar-refractivity contribution in [2.45, 2.75) is 44.1 Å². The number of aromatic nitrogens is 1. The molecule has 1 aromatic carbocycles. The van der Waals surface area contributed by atoms with Gasteiger partial charge in [0.15, 0.2) is 0 Å². The quantitative estimate of drug-likeness (QED) is 0.644. The molecule has 0 N–H and O–H groups in total. The van der Waals surface area contributed by atoms with Gasteiger partial charge in [-0.2, -0.15) is 0 Å². The van der Waals surface area contributed by atoms with Crippen LogP contribution in [-0.4, -0.2) is 12.1 Å². The first-order chi connectivity index (χ1) is 10.2. The second-order valence-corrected chi connectivity index (χ2v) is 7.43. The second-order valence-electron chi connectivity index (χ2n) is 5.66. The summed E-state index contributed by atoms with van der Waals surface area (Å²) in [5, 5.41) is 3.30. The van der Waals surface area contributed by atoms with Crippen LogP contribution >= 0.6 is 27.3 Å². The highest BCUT2D eigenvalue weighted by atomic mass is 79.9. The van der Waals surface area contributed by atoms with Gasteiger partial charge in [-0.3, -0.25) is 0 Å². The van der Waals surface area contributed by atoms with E-state index in [1.54, 1.807) is 11.3 Å². The van der Waals surface area contributed by atoms with Crippen LogP contribution in [0.25, 0.3) is 11.3 Å². The summed E-state index contributed by atoms with van der Waals surface area (Å²) in [6.45, 7) is 0. The van der Waals surface area contributed by atoms with Gasteiger partial charge in [0.2, 0.25) is 0 Å². The normalized spacial score (nSPS) is 18.4. The maximum atomic E-state index is 5.95. The van der Waals surface area contributed by atoms with E-state index in [9.17, 15) is 0 Å². The minimum Gasteiger partial charge on any atom is -0.371 e. The fourth-order valence-electron chi connectivity index (χ4n) is 3.04. The zero-order valence-electron chi connectivity index (χ0n) is 12.3. The van der Waals surface area contributed by atoms with E-state index >= 15 is 0 Å². The van der Waals surface area contributed by atoms with E-state index in [4.69, 9.17) is 9.72 Å². The first-order valence-electron chi connectivity index (χ1n) is 7.51. The number of ether oxygens (including phenoxy) is 1. The lowest BCUT2D eigenvalue weighted by Crippen LogP contribution is -2.27. The van der Waals surface area contributed by atoms with E-state index in [2.05, 4.69) is 45.6 Å². The number of halogens is 1. The second kappa shape index (κ2) is 6.59. The highest BCUT2D eigenvalue weighted by Crippen LogP contribution is 2.41. The van der Waals surface area contributed by atoms with Crippen molar-refractivity contribution in [2.75, 3.05) is 7.11 Å². The van der Waals surface area contributed by atoms with Gasteiger partial charge < -0.3 is 4.74 Å². The Kier molecular flexibility index (Phi) is 4.77. The van der Waals surface area contributed by atoms with E-state index in [1.165, 1.54) is 31.2 Å². The third kappa shape index (κ3) is 3.22. The summed E-state index contributed by atoms with van der Waals surface area (Å²) < 4.78 is 7.05. The lowest BCUT2D eigenvalue weighted by atomic mass is 9.95. The van der Waals surface area contributed by atoms with Crippen LogP contribution in [0.2, 0.25) is 0 Å². The molecule has 0 bridgehead atoms. The van der Waals surface area contributed by atoms with Crippen LogP contribution in [0.3, 0.4) is 0 Å². The van der Waals surface area contributed by atoms with Crippen molar-refractivity contribution in [3.63, 3.8) is 0 Å². The number of thiazole rings is 1. The maximum Gasteiger partial charge on any atom is 0.125 e. The Balaban J connectivity index is 1.90. The predicted molar refractivity (Wildman–Crippen MR) is 91.6 cm³/mol. The van der Waals surface area contributed by atoms with Crippen LogP contribution in [0.5, 0.6) is 0 Å². The van der Waals surface area contributed by atoms with Crippen molar-refractivity contribution in [1.29, 1.82) is 0 Å². The Morgan fingerprint density at radius 1 is 1.10 bits per heavy atom. The Morgan fingerprint density at radius 2 is 1.76 bits per heavy atom. The molecule has 0 radical (unpaired) electrons. The first kappa shape index (κ1) is 15.2. The van der Waals surface area contributed by atoms with Crippen molar-refractivity contribution in [3.05, 3.63) is 39.1 Å². The van der Waals surface area contributed by atoms with E-state index in [0.717, 1.165) is 28.0 Å². The average Bonchev–Trinajstić information content (AvgIpc) is 2.88. The summed E-state index contributed by atoms with van der Waals surface area (Å²) >= 11 is 5.22. The summed E-state index contributed by atoms with van der Waals surface area (Å²) in [4.78, 5) is 4.90. The Morgan fingerprint density at radius 3 is 2.38 bits per heavy atom. The average molecular weight is 366 g/mol. The van der Waals surface area contributed by atoms with Gasteiger partial charge in [0, 0.05) is 22.5 Å². The smallest absolute Gasteiger partial charge is 0.125 e. The number of benzene rings is 1. The van der Waals surface area contributed by atoms with Gasteiger partial charge >= 0.3 is 0 Å². The molecule has 1 aromatic heterocycles. The van der Waals surface area contributed by atoms with Crippen molar-refractivity contribution in [3.8, 4) is 11.3 Å². The summed E-state index contributed by atoms with van der Waals surface area (Å²) in [7, 11) is 1.84. The predicted octanol–water partition coefficient (Wildman–Crippen LogP) is 5.77. The summed E-state index contributed by atoms with van der Waals surface area (Å²) in [5.41, 5.74) is 2.07. The molecule has 2 nitrogen and oxygen atoms in total. The van der Waals surface area contributed by atoms with Crippen LogP contribution in [0, 0.1) is 0 Å². The summed E-state index contributed by atoms with van der Waals surface area (Å²) in [6.07, 6.45) is 7.29. The van der Waals surface area contributed by atoms with Crippen LogP contribution in [-0.2, 0) is 10.3 Å². The van der Waals surface area contributed by atoms with Gasteiger partial charge in [-0.15, -0.1) is 11.3 Å². The topological polar surface area (TPSA) is 22.1 Å². The van der Waals surface area contributed by atoms with Crippen molar-refractivity contribution >= 4 is 27.3 Å². The Hall–Kier alpha value is -0.710. The van der Waals surface area contributed by atoms with Crippen LogP contribution in [0.1, 0.15) is 43.5 Å². The molecule has 0 aliphatic heterocycles. The molecule has 1 fully saturated rings. The van der Waals surface area contributed by atoms with Gasteiger partial charge in [-0.25, -0.2) is 4.98 Å². The maximum absolute atomic E-state index is 5.95. The van der Waals surface area contributed by atoms with Gasteiger partial charge in [-0.1, -0.05) is 53.7 Å². The highest BCUT2D eigenvalue weighted by Gasteiger charge is 2.35. The SMILES string of the molecule is COC1(c2nc(-c3ccc(Br)cc3)cs2)CCCCCC1. The molecule has 2 aromatic rings. The van der Waals surface area contributed by atoms with Gasteiger partial charge in [0.05, 0.1) is 5.69 Å². The van der Waals surface area contributed by atoms with Crippen molar-refractivity contribution in [2.24, 2.45) is 0 Å². The Bertz CT molecular complexity index is 585. The van der Waals surface area contributed by atoms with Crippen molar-refractivity contribution < 1.29 is 4.74 Å². The lowest BCUT2D eigenvalue weighted by molar-refractivity contribution is -0.0279. The summed E-state index contributed by atoms with van der Waals surface area (Å²) in [5.74, 6) is 0. The molecular weight excluding hydrogens is 346 g/mol. The van der Waals surface area contributed by atoms with Gasteiger partial charge in [0.1, 0.15) is 10.6 Å². The number of methoxy groups -OCH3 is 1. The zero-order valence-corrected chi connectivity index (χ0v) is 14.7. The fraction of sp³-hybridized carbons (Fsp3) is 0.471. The monoisotopic (exact) mass is 365 g/mol. The fourth-order valence-corrected chi connectivity index (χ4v) is 4.37. The van der Waals surface area contributed by atoms with Crippen LogP contribution in [0.15, 0.2) is 34.1 Å². The minimum absolute atomic E-state index is 0.158. The van der Waals surface area contributed by atoms with E-state index < -0.39 is 0 Å². The Labute approximate surface area is 138 Å². The lowest BCUT2D eigenvalue weighted by Gasteiger charge is -2.29. The van der Waals surface area contributed by atoms with E-state index in [0.29, 0.717) is 0 Å². The van der Waals surface area contributed by atoms with Crippen LogP contribution in [0.4, 0.5) is 0 Å². The van der Waals surface area contributed by atoms with Crippen LogP contribution < -0.4 is 0 Å². The molecule has 112 valence electrons. The molecule has 0 amide bonds. The van der Waals surface area contributed by atoms with Gasteiger partial charge in [-0.05, 0) is 25.0 Å². The molecule has 1 heterocycles. The number of hydrogen-bond acceptors (Lipinski definition) is 3. The number of rotatable bonds is 3. The molecule has 0 spiro atoms. The van der Waals surface area contributed by atoms with E-state index in [-0.39, 0.29) is 5.60 Å². The largest absolute Gasteiger partial charge is 0.371 e. The minimum atomic E-state index is -0.158. The standard InChI is InChI=1S/C17H20BrNOS/c1-20-17(10-4-2-3-5-11-17)16-19-15(12-21-16)13-6-8-14(18)9-7-13/h6-9,12H,2-5,10-11H2,1H3. The number of hydrogen-bond donors (Lipinski definition) is 0. The molecule has 4 heteroatoms. The third-order valence-corrected chi connectivity index (χ3v) is 5.89. The molecular formula is C17H20BrNOS. The summed E-state index contributed by atoms with van der Waals surface area (Å²) in [6, 6.07) is 8.34. The molecule has 1 aliphatic carbocycles. The molecule has 1 saturated carbocycles. The highest BCUT2D eigenvalue weighted by molar-refractivity contribution is 9.10. The molecule has 0 unspecified atom stereocenters. The van der Waals surface area contributed by atoms with E-state index in [1.807, 2.05) is 7.11 Å². The number of nitrogens with zero attached hydrogens (tertiary/aromatic N) is 1. The molecule has 0 atom stereocenters. The molecule has 0 saturated heterocycles. The first-order valence-corrected chi connectivity index (χ1v) is 9.18. The third-order valence-electron chi connectivity index (χ3n) is 4.34. The van der Waals surface area contributed by atoms with Crippen molar-refractivity contribution in [1.82, 2.24) is 4.98 Å². The van der Waals surface area contributed by atoms with Gasteiger partial charge in [0.25, 0.3) is 0 Å².